The molecule has 0 bridgehead atoms. The fourth-order valence-electron chi connectivity index (χ4n) is 3.59. The molecule has 3 rings (SSSR count). The van der Waals surface area contributed by atoms with Gasteiger partial charge in [0, 0.05) is 4.88 Å². The number of urea groups is 1. The minimum Gasteiger partial charge on any atom is -0.462 e. The van der Waals surface area contributed by atoms with Crippen LogP contribution in [0.1, 0.15) is 67.6 Å². The van der Waals surface area contributed by atoms with Gasteiger partial charge in [-0.15, -0.1) is 11.3 Å². The predicted molar refractivity (Wildman–Crippen MR) is 104 cm³/mol. The summed E-state index contributed by atoms with van der Waals surface area (Å²) in [6, 6.07) is 1.17. The number of imide groups is 1. The molecule has 1 spiro atoms. The van der Waals surface area contributed by atoms with E-state index in [1.54, 1.807) is 13.0 Å². The highest BCUT2D eigenvalue weighted by Crippen LogP contribution is 2.36. The summed E-state index contributed by atoms with van der Waals surface area (Å²) in [7, 11) is 0. The number of amides is 4. The van der Waals surface area contributed by atoms with Gasteiger partial charge >= 0.3 is 12.0 Å². The van der Waals surface area contributed by atoms with E-state index < -0.39 is 23.4 Å². The largest absolute Gasteiger partial charge is 0.462 e. The molecule has 2 N–H and O–H groups in total. The van der Waals surface area contributed by atoms with Crippen LogP contribution in [0.5, 0.6) is 0 Å². The van der Waals surface area contributed by atoms with E-state index in [4.69, 9.17) is 4.74 Å². The summed E-state index contributed by atoms with van der Waals surface area (Å²) >= 11 is 1.29. The first kappa shape index (κ1) is 20.3. The smallest absolute Gasteiger partial charge is 0.341 e. The maximum Gasteiger partial charge on any atom is 0.341 e. The molecule has 1 aliphatic heterocycles. The first-order chi connectivity index (χ1) is 13.3. The molecule has 2 fully saturated rings. The summed E-state index contributed by atoms with van der Waals surface area (Å²) in [4.78, 5) is 51.5. The Bertz CT molecular complexity index is 810. The van der Waals surface area contributed by atoms with Crippen molar-refractivity contribution in [1.29, 1.82) is 0 Å². The lowest BCUT2D eigenvalue weighted by Gasteiger charge is -2.19. The van der Waals surface area contributed by atoms with Crippen LogP contribution in [0.15, 0.2) is 6.07 Å². The van der Waals surface area contributed by atoms with E-state index in [9.17, 15) is 19.2 Å². The molecule has 2 heterocycles. The lowest BCUT2D eigenvalue weighted by atomic mass is 9.98. The Morgan fingerprint density at radius 3 is 2.61 bits per heavy atom. The van der Waals surface area contributed by atoms with E-state index in [2.05, 4.69) is 10.6 Å². The highest BCUT2D eigenvalue weighted by molar-refractivity contribution is 7.16. The van der Waals surface area contributed by atoms with E-state index in [-0.39, 0.29) is 30.5 Å². The van der Waals surface area contributed by atoms with Gasteiger partial charge < -0.3 is 15.4 Å². The van der Waals surface area contributed by atoms with Gasteiger partial charge in [-0.2, -0.15) is 0 Å². The van der Waals surface area contributed by atoms with Crippen LogP contribution in [-0.2, 0) is 14.3 Å². The molecular formula is C19H25N3O5S. The molecule has 2 aliphatic rings. The Labute approximate surface area is 167 Å². The minimum atomic E-state index is -0.846. The van der Waals surface area contributed by atoms with Crippen LogP contribution >= 0.6 is 11.3 Å². The van der Waals surface area contributed by atoms with Gasteiger partial charge in [0.15, 0.2) is 0 Å². The van der Waals surface area contributed by atoms with Crippen LogP contribution in [0.4, 0.5) is 9.80 Å². The van der Waals surface area contributed by atoms with Gasteiger partial charge in [0.25, 0.3) is 5.91 Å². The van der Waals surface area contributed by atoms with Gasteiger partial charge in [0.1, 0.15) is 17.1 Å². The van der Waals surface area contributed by atoms with Crippen LogP contribution in [-0.4, -0.2) is 47.4 Å². The number of ether oxygens (including phenoxy) is 1. The van der Waals surface area contributed by atoms with Gasteiger partial charge in [0.05, 0.1) is 12.2 Å². The van der Waals surface area contributed by atoms with Gasteiger partial charge in [0.2, 0.25) is 5.91 Å². The Balaban J connectivity index is 1.73. The van der Waals surface area contributed by atoms with E-state index in [0.717, 1.165) is 22.6 Å². The lowest BCUT2D eigenvalue weighted by molar-refractivity contribution is -0.133. The van der Waals surface area contributed by atoms with Crippen LogP contribution in [0.25, 0.3) is 0 Å². The van der Waals surface area contributed by atoms with Crippen molar-refractivity contribution in [3.63, 3.8) is 0 Å². The van der Waals surface area contributed by atoms with Crippen molar-refractivity contribution in [2.24, 2.45) is 0 Å². The van der Waals surface area contributed by atoms with Crippen molar-refractivity contribution in [1.82, 2.24) is 10.2 Å². The van der Waals surface area contributed by atoms with Gasteiger partial charge in [-0.05, 0) is 31.7 Å². The number of hydrogen-bond donors (Lipinski definition) is 2. The van der Waals surface area contributed by atoms with Gasteiger partial charge in [-0.3, -0.25) is 14.5 Å². The monoisotopic (exact) mass is 407 g/mol. The molecule has 8 nitrogen and oxygen atoms in total. The van der Waals surface area contributed by atoms with Crippen molar-refractivity contribution in [2.45, 2.75) is 57.9 Å². The second kappa shape index (κ2) is 7.90. The van der Waals surface area contributed by atoms with Gasteiger partial charge in [-0.1, -0.05) is 26.7 Å². The van der Waals surface area contributed by atoms with E-state index >= 15 is 0 Å². The van der Waals surface area contributed by atoms with Crippen LogP contribution in [0, 0.1) is 0 Å². The van der Waals surface area contributed by atoms with Crippen molar-refractivity contribution in [2.75, 3.05) is 18.5 Å². The molecule has 1 saturated carbocycles. The predicted octanol–water partition coefficient (Wildman–Crippen LogP) is 2.85. The number of hydrogen-bond acceptors (Lipinski definition) is 6. The molecule has 4 amide bonds. The number of carbonyl (C=O) groups is 4. The third-order valence-electron chi connectivity index (χ3n) is 5.07. The molecule has 1 saturated heterocycles. The molecular weight excluding hydrogens is 382 g/mol. The second-order valence-electron chi connectivity index (χ2n) is 7.43. The van der Waals surface area contributed by atoms with Crippen molar-refractivity contribution >= 4 is 40.2 Å². The molecule has 28 heavy (non-hydrogen) atoms. The summed E-state index contributed by atoms with van der Waals surface area (Å²) in [5, 5.41) is 5.80. The summed E-state index contributed by atoms with van der Waals surface area (Å²) < 4.78 is 5.06. The number of anilines is 1. The average molecular weight is 407 g/mol. The first-order valence-corrected chi connectivity index (χ1v) is 10.3. The SMILES string of the molecule is CCOC(=O)c1cc(C(C)C)sc1NC(=O)CN1C(=O)NC2(CCCC2)C1=O. The topological polar surface area (TPSA) is 105 Å². The first-order valence-electron chi connectivity index (χ1n) is 9.52. The standard InChI is InChI=1S/C19H25N3O5S/c1-4-27-16(24)12-9-13(11(2)3)28-15(12)20-14(23)10-22-17(25)19(21-18(22)26)7-5-6-8-19/h9,11H,4-8,10H2,1-3H3,(H,20,23)(H,21,26). The molecule has 152 valence electrons. The maximum atomic E-state index is 12.7. The third-order valence-corrected chi connectivity index (χ3v) is 6.42. The molecule has 0 radical (unpaired) electrons. The van der Waals surface area contributed by atoms with Crippen molar-refractivity contribution < 1.29 is 23.9 Å². The number of carbonyl (C=O) groups excluding carboxylic acids is 4. The zero-order valence-electron chi connectivity index (χ0n) is 16.3. The van der Waals surface area contributed by atoms with Crippen LogP contribution in [0.2, 0.25) is 0 Å². The van der Waals surface area contributed by atoms with Crippen molar-refractivity contribution in [3.8, 4) is 0 Å². The fourth-order valence-corrected chi connectivity index (χ4v) is 4.66. The lowest BCUT2D eigenvalue weighted by Crippen LogP contribution is -2.44. The molecule has 1 aromatic heterocycles. The molecule has 0 unspecified atom stereocenters. The summed E-state index contributed by atoms with van der Waals surface area (Å²) in [5.74, 6) is -1.20. The Kier molecular flexibility index (Phi) is 5.74. The Morgan fingerprint density at radius 2 is 2.00 bits per heavy atom. The normalized spacial score (nSPS) is 18.1. The highest BCUT2D eigenvalue weighted by atomic mass is 32.1. The number of esters is 1. The molecule has 0 aromatic carbocycles. The molecule has 0 atom stereocenters. The van der Waals surface area contributed by atoms with Gasteiger partial charge in [-0.25, -0.2) is 9.59 Å². The third kappa shape index (κ3) is 3.76. The van der Waals surface area contributed by atoms with Crippen molar-refractivity contribution in [3.05, 3.63) is 16.5 Å². The van der Waals surface area contributed by atoms with Crippen LogP contribution in [0.3, 0.4) is 0 Å². The quantitative estimate of drug-likeness (QED) is 0.557. The number of rotatable bonds is 6. The molecule has 9 heteroatoms. The number of nitrogens with one attached hydrogen (secondary N) is 2. The number of thiophene rings is 1. The molecule has 1 aliphatic carbocycles. The second-order valence-corrected chi connectivity index (χ2v) is 8.51. The Morgan fingerprint density at radius 1 is 1.32 bits per heavy atom. The zero-order valence-corrected chi connectivity index (χ0v) is 17.1. The van der Waals surface area contributed by atoms with E-state index in [1.165, 1.54) is 11.3 Å². The summed E-state index contributed by atoms with van der Waals surface area (Å²) in [5.41, 5.74) is -0.561. The summed E-state index contributed by atoms with van der Waals surface area (Å²) in [6.45, 7) is 5.52. The zero-order chi connectivity index (χ0) is 20.5. The average Bonchev–Trinajstić information content (AvgIpc) is 3.31. The van der Waals surface area contributed by atoms with E-state index in [0.29, 0.717) is 17.8 Å². The number of nitrogens with zero attached hydrogens (tertiary/aromatic N) is 1. The highest BCUT2D eigenvalue weighted by Gasteiger charge is 2.52. The van der Waals surface area contributed by atoms with E-state index in [1.807, 2.05) is 13.8 Å². The molecule has 1 aromatic rings. The summed E-state index contributed by atoms with van der Waals surface area (Å²) in [6.07, 6.45) is 2.96. The fraction of sp³-hybridized carbons (Fsp3) is 0.579. The van der Waals surface area contributed by atoms with Crippen LogP contribution < -0.4 is 10.6 Å². The maximum absolute atomic E-state index is 12.7. The minimum absolute atomic E-state index is 0.178. The Hall–Kier alpha value is -2.42.